The lowest BCUT2D eigenvalue weighted by atomic mass is 10.3. The van der Waals surface area contributed by atoms with Gasteiger partial charge in [0.1, 0.15) is 10.7 Å². The summed E-state index contributed by atoms with van der Waals surface area (Å²) in [6.07, 6.45) is 1.82. The standard InChI is InChI=1S/C18H24ClFN4O2S/c1-4-21-18(24(3)13-15-11-14(19)12-23(15)2)22-9-10-27(25,26)17-8-6-5-7-16(17)20/h5-8,11-12H,4,9-10,13H2,1-3H3,(H,21,22). The van der Waals surface area contributed by atoms with Crippen LogP contribution < -0.4 is 5.32 Å². The number of benzene rings is 1. The third-order valence-electron chi connectivity index (χ3n) is 3.96. The Morgan fingerprint density at radius 1 is 1.37 bits per heavy atom. The smallest absolute Gasteiger partial charge is 0.194 e. The highest BCUT2D eigenvalue weighted by molar-refractivity contribution is 7.91. The second-order valence-electron chi connectivity index (χ2n) is 6.10. The Balaban J connectivity index is 2.08. The predicted octanol–water partition coefficient (Wildman–Crippen LogP) is 2.69. The van der Waals surface area contributed by atoms with Gasteiger partial charge in [-0.2, -0.15) is 0 Å². The third-order valence-corrected chi connectivity index (χ3v) is 5.89. The Labute approximate surface area is 164 Å². The zero-order chi connectivity index (χ0) is 20.0. The van der Waals surface area contributed by atoms with Gasteiger partial charge in [0, 0.05) is 32.5 Å². The molecule has 148 valence electrons. The molecule has 0 amide bonds. The zero-order valence-electron chi connectivity index (χ0n) is 15.6. The van der Waals surface area contributed by atoms with Crippen molar-refractivity contribution in [1.82, 2.24) is 14.8 Å². The van der Waals surface area contributed by atoms with E-state index in [-0.39, 0.29) is 17.2 Å². The van der Waals surface area contributed by atoms with Crippen LogP contribution in [-0.2, 0) is 23.4 Å². The lowest BCUT2D eigenvalue weighted by Crippen LogP contribution is -2.39. The lowest BCUT2D eigenvalue weighted by molar-refractivity contribution is 0.462. The summed E-state index contributed by atoms with van der Waals surface area (Å²) in [4.78, 5) is 5.96. The Kier molecular flexibility index (Phi) is 7.26. The van der Waals surface area contributed by atoms with Crippen LogP contribution in [0.15, 0.2) is 46.4 Å². The minimum absolute atomic E-state index is 0.0250. The highest BCUT2D eigenvalue weighted by Gasteiger charge is 2.18. The number of sulfone groups is 1. The van der Waals surface area contributed by atoms with Gasteiger partial charge in [-0.15, -0.1) is 0 Å². The summed E-state index contributed by atoms with van der Waals surface area (Å²) in [6.45, 7) is 3.14. The Morgan fingerprint density at radius 2 is 2.07 bits per heavy atom. The number of rotatable bonds is 7. The van der Waals surface area contributed by atoms with Gasteiger partial charge in [-0.05, 0) is 25.1 Å². The van der Waals surface area contributed by atoms with E-state index in [0.717, 1.165) is 11.8 Å². The fraction of sp³-hybridized carbons (Fsp3) is 0.389. The summed E-state index contributed by atoms with van der Waals surface area (Å²) in [6, 6.07) is 7.23. The van der Waals surface area contributed by atoms with Crippen LogP contribution in [0, 0.1) is 5.82 Å². The highest BCUT2D eigenvalue weighted by Crippen LogP contribution is 2.16. The van der Waals surface area contributed by atoms with Crippen molar-refractivity contribution in [1.29, 1.82) is 0 Å². The van der Waals surface area contributed by atoms with E-state index in [1.54, 1.807) is 0 Å². The van der Waals surface area contributed by atoms with Crippen LogP contribution in [0.1, 0.15) is 12.6 Å². The van der Waals surface area contributed by atoms with Gasteiger partial charge in [-0.1, -0.05) is 23.7 Å². The number of hydrogen-bond acceptors (Lipinski definition) is 3. The van der Waals surface area contributed by atoms with Crippen molar-refractivity contribution in [2.45, 2.75) is 18.4 Å². The molecule has 27 heavy (non-hydrogen) atoms. The van der Waals surface area contributed by atoms with Gasteiger partial charge >= 0.3 is 0 Å². The van der Waals surface area contributed by atoms with Gasteiger partial charge < -0.3 is 14.8 Å². The van der Waals surface area contributed by atoms with E-state index < -0.39 is 15.7 Å². The average molecular weight is 415 g/mol. The van der Waals surface area contributed by atoms with Crippen LogP contribution in [0.2, 0.25) is 5.02 Å². The SMILES string of the molecule is CCNC(=NCCS(=O)(=O)c1ccccc1F)N(C)Cc1cc(Cl)cn1C. The lowest BCUT2D eigenvalue weighted by Gasteiger charge is -2.22. The molecule has 0 saturated carbocycles. The van der Waals surface area contributed by atoms with Crippen LogP contribution in [0.4, 0.5) is 4.39 Å². The largest absolute Gasteiger partial charge is 0.357 e. The molecule has 0 fully saturated rings. The van der Waals surface area contributed by atoms with Gasteiger partial charge in [0.25, 0.3) is 0 Å². The zero-order valence-corrected chi connectivity index (χ0v) is 17.2. The molecule has 0 aliphatic rings. The first-order valence-corrected chi connectivity index (χ1v) is 10.5. The minimum Gasteiger partial charge on any atom is -0.357 e. The molecule has 0 aliphatic heterocycles. The Bertz CT molecular complexity index is 912. The van der Waals surface area contributed by atoms with Crippen LogP contribution in [-0.4, -0.2) is 49.7 Å². The van der Waals surface area contributed by atoms with Crippen molar-refractivity contribution in [3.63, 3.8) is 0 Å². The van der Waals surface area contributed by atoms with Gasteiger partial charge in [-0.3, -0.25) is 4.99 Å². The molecular formula is C18H24ClFN4O2S. The predicted molar refractivity (Wildman–Crippen MR) is 106 cm³/mol. The van der Waals surface area contributed by atoms with E-state index in [9.17, 15) is 12.8 Å². The Hall–Kier alpha value is -2.06. The number of nitrogens with one attached hydrogen (secondary N) is 1. The van der Waals surface area contributed by atoms with Crippen LogP contribution in [0.25, 0.3) is 0 Å². The average Bonchev–Trinajstić information content (AvgIpc) is 2.91. The van der Waals surface area contributed by atoms with Gasteiger partial charge in [0.2, 0.25) is 0 Å². The van der Waals surface area contributed by atoms with E-state index in [2.05, 4.69) is 10.3 Å². The number of aliphatic imine (C=N–C) groups is 1. The van der Waals surface area contributed by atoms with Crippen molar-refractivity contribution >= 4 is 27.4 Å². The topological polar surface area (TPSA) is 66.7 Å². The van der Waals surface area contributed by atoms with Crippen molar-refractivity contribution < 1.29 is 12.8 Å². The first kappa shape index (κ1) is 21.2. The molecule has 0 radical (unpaired) electrons. The van der Waals surface area contributed by atoms with E-state index in [1.165, 1.54) is 18.2 Å². The van der Waals surface area contributed by atoms with E-state index in [4.69, 9.17) is 11.6 Å². The molecule has 0 unspecified atom stereocenters. The number of halogens is 2. The molecule has 0 aliphatic carbocycles. The quantitative estimate of drug-likeness (QED) is 0.558. The van der Waals surface area contributed by atoms with Crippen LogP contribution in [0.5, 0.6) is 0 Å². The number of aryl methyl sites for hydroxylation is 1. The molecule has 0 saturated heterocycles. The number of guanidine groups is 1. The van der Waals surface area contributed by atoms with Crippen LogP contribution >= 0.6 is 11.6 Å². The summed E-state index contributed by atoms with van der Waals surface area (Å²) in [5.74, 6) is -0.447. The van der Waals surface area contributed by atoms with E-state index in [0.29, 0.717) is 24.1 Å². The summed E-state index contributed by atoms with van der Waals surface area (Å²) in [5.41, 5.74) is 0.993. The fourth-order valence-corrected chi connectivity index (χ4v) is 4.06. The first-order valence-electron chi connectivity index (χ1n) is 8.52. The fourth-order valence-electron chi connectivity index (χ4n) is 2.59. The molecule has 1 N–H and O–H groups in total. The minimum atomic E-state index is -3.74. The highest BCUT2D eigenvalue weighted by atomic mass is 35.5. The van der Waals surface area contributed by atoms with Gasteiger partial charge in [0.15, 0.2) is 15.8 Å². The second-order valence-corrected chi connectivity index (χ2v) is 8.62. The summed E-state index contributed by atoms with van der Waals surface area (Å²) in [7, 11) is 0.0183. The van der Waals surface area contributed by atoms with Crippen molar-refractivity contribution in [2.24, 2.45) is 12.0 Å². The first-order chi connectivity index (χ1) is 12.7. The molecule has 1 aromatic carbocycles. The molecule has 0 bridgehead atoms. The van der Waals surface area contributed by atoms with E-state index in [1.807, 2.05) is 42.7 Å². The maximum absolute atomic E-state index is 13.8. The van der Waals surface area contributed by atoms with Gasteiger partial charge in [0.05, 0.1) is 23.9 Å². The summed E-state index contributed by atoms with van der Waals surface area (Å²) >= 11 is 6.01. The maximum Gasteiger partial charge on any atom is 0.194 e. The molecule has 9 heteroatoms. The third kappa shape index (κ3) is 5.71. The number of hydrogen-bond donors (Lipinski definition) is 1. The molecule has 6 nitrogen and oxygen atoms in total. The number of nitrogens with zero attached hydrogens (tertiary/aromatic N) is 3. The van der Waals surface area contributed by atoms with E-state index >= 15 is 0 Å². The van der Waals surface area contributed by atoms with Crippen molar-refractivity contribution in [2.75, 3.05) is 25.9 Å². The summed E-state index contributed by atoms with van der Waals surface area (Å²) < 4.78 is 40.4. The Morgan fingerprint density at radius 3 is 2.67 bits per heavy atom. The van der Waals surface area contributed by atoms with Crippen molar-refractivity contribution in [3.8, 4) is 0 Å². The van der Waals surface area contributed by atoms with Crippen LogP contribution in [0.3, 0.4) is 0 Å². The molecule has 2 rings (SSSR count). The summed E-state index contributed by atoms with van der Waals surface area (Å²) in [5, 5.41) is 3.78. The molecule has 1 aromatic heterocycles. The number of aromatic nitrogens is 1. The molecule has 0 atom stereocenters. The molecular weight excluding hydrogens is 391 g/mol. The normalized spacial score (nSPS) is 12.3. The molecule has 0 spiro atoms. The monoisotopic (exact) mass is 414 g/mol. The second kappa shape index (κ2) is 9.23. The van der Waals surface area contributed by atoms with Crippen molar-refractivity contribution in [3.05, 3.63) is 53.1 Å². The maximum atomic E-state index is 13.8. The molecule has 1 heterocycles. The molecule has 2 aromatic rings. The van der Waals surface area contributed by atoms with Gasteiger partial charge in [-0.25, -0.2) is 12.8 Å².